The lowest BCUT2D eigenvalue weighted by molar-refractivity contribution is -0.221. The fourth-order valence-electron chi connectivity index (χ4n) is 19.9. The minimum Gasteiger partial charge on any atom is -0.457 e. The normalized spacial score (nSPS) is 40.8. The molecule has 12 saturated carbocycles. The standard InChI is InChI=1S/C17H26O2.C14H18O7S.C14H20O3.C13H16O8S.C13H16O7S/c1-10(2)16(18)19-17(11(3)4)14-6-12-5-13(8-14)9-15(17)7-12;1-6(2)13(15)19-7(3)14(16)20-11-8-4-9-10(5-8)22(17,18)21-12(9)11;1-9(2)12(15)17-14-6-10-3-11(7-14)5-13(16,4-10)8-14;1-5(2)12(14)18-6(3)13(15)20-9-7-4-8-10(19-7)11(9)21-22(8,16)17;1-6(2)13(15)18-5-10(14)19-11-7-3-8-9(4-7)21(16,17)20-12(8)11/h11-15H,1,5-9H2,2-4H3;7-12H,1,4-5H2,2-3H3;10-11,16H,1,3-8H2,2H3;6-11H,1,4H2,2-3H3;7-9,11-12H,1,3-5H2,2H3. The second-order valence-electron chi connectivity index (χ2n) is 31.7. The Morgan fingerprint density at radius 3 is 1.33 bits per heavy atom. The van der Waals surface area contributed by atoms with Crippen LogP contribution in [0.1, 0.15) is 165 Å². The van der Waals surface area contributed by atoms with Gasteiger partial charge in [0.2, 0.25) is 0 Å². The molecule has 5 heterocycles. The highest BCUT2D eigenvalue weighted by Crippen LogP contribution is 2.63. The zero-order valence-corrected chi connectivity index (χ0v) is 61.1. The highest BCUT2D eigenvalue weighted by Gasteiger charge is 2.69. The zero-order valence-electron chi connectivity index (χ0n) is 58.7. The first-order chi connectivity index (χ1) is 47.0. The SMILES string of the molecule is C=C(C)C(=O)OC(C)C(=O)OC1C2CC3C(O2)C1OS3(=O)=O.C=C(C)C(=O)OC(C)C(=O)OC1C2CC3C1OS(=O)(=O)C3C2.C=C(C)C(=O)OC1(C(C)C)C2CC3CC(C2)CC1C3.C=C(C)C(=O)OC12CC3CC(CC(O)(C3)C1)C2.C=C(C)C(=O)OCC(=O)OC1C2CC3C1OS(=O)(=O)C3C2. The summed E-state index contributed by atoms with van der Waals surface area (Å²) in [5.74, 6) is -0.408. The van der Waals surface area contributed by atoms with Gasteiger partial charge < -0.3 is 47.7 Å². The van der Waals surface area contributed by atoms with E-state index in [4.69, 9.17) is 55.2 Å². The van der Waals surface area contributed by atoms with Crippen LogP contribution in [0.25, 0.3) is 0 Å². The Morgan fingerprint density at radius 1 is 0.465 bits per heavy atom. The molecule has 17 rings (SSSR count). The Labute approximate surface area is 590 Å². The molecule has 0 amide bonds. The van der Waals surface area contributed by atoms with Crippen LogP contribution in [0.5, 0.6) is 0 Å². The number of aliphatic hydroxyl groups is 1. The number of esters is 8. The third kappa shape index (κ3) is 15.1. The van der Waals surface area contributed by atoms with Crippen molar-refractivity contribution >= 4 is 78.1 Å². The number of hydrogen-bond donors (Lipinski definition) is 1. The van der Waals surface area contributed by atoms with E-state index in [1.54, 1.807) is 13.8 Å². The first-order valence-electron chi connectivity index (χ1n) is 35.1. The molecule has 17 aliphatic rings. The van der Waals surface area contributed by atoms with Crippen molar-refractivity contribution in [3.8, 4) is 0 Å². The lowest BCUT2D eigenvalue weighted by Gasteiger charge is -2.61. The van der Waals surface area contributed by atoms with E-state index in [-0.39, 0.29) is 64.4 Å². The fraction of sp³-hybridized carbons (Fsp3) is 0.746. The van der Waals surface area contributed by atoms with Crippen molar-refractivity contribution in [1.29, 1.82) is 0 Å². The third-order valence-corrected chi connectivity index (χ3v) is 28.8. The number of fused-ring (bicyclic) bond motifs is 3. The maximum Gasteiger partial charge on any atom is 0.347 e. The minimum absolute atomic E-state index is 0.00284. The van der Waals surface area contributed by atoms with E-state index >= 15 is 0 Å². The molecule has 5 aliphatic heterocycles. The fourth-order valence-corrected chi connectivity index (χ4v) is 25.3. The summed E-state index contributed by atoms with van der Waals surface area (Å²) < 4.78 is 133. The number of carbonyl (C=O) groups excluding carboxylic acids is 8. The van der Waals surface area contributed by atoms with E-state index in [1.165, 1.54) is 73.1 Å². The van der Waals surface area contributed by atoms with Gasteiger partial charge in [0.25, 0.3) is 30.4 Å². The molecule has 14 bridgehead atoms. The average molecular weight is 1480 g/mol. The molecule has 0 radical (unpaired) electrons. The van der Waals surface area contributed by atoms with E-state index in [0.717, 1.165) is 37.5 Å². The van der Waals surface area contributed by atoms with Gasteiger partial charge in [-0.3, -0.25) is 12.5 Å². The summed E-state index contributed by atoms with van der Waals surface area (Å²) in [6, 6.07) is 0. The van der Waals surface area contributed by atoms with E-state index in [1.807, 2.05) is 0 Å². The van der Waals surface area contributed by atoms with Crippen LogP contribution in [0.15, 0.2) is 60.8 Å². The predicted octanol–water partition coefficient (Wildman–Crippen LogP) is 6.52. The molecule has 560 valence electrons. The molecule has 0 aromatic carbocycles. The Kier molecular flexibility index (Phi) is 21.3. The van der Waals surface area contributed by atoms with Crippen LogP contribution in [0, 0.1) is 65.1 Å². The zero-order chi connectivity index (χ0) is 73.9. The highest BCUT2D eigenvalue weighted by atomic mass is 32.2. The molecule has 5 saturated heterocycles. The van der Waals surface area contributed by atoms with Gasteiger partial charge in [0, 0.05) is 58.0 Å². The summed E-state index contributed by atoms with van der Waals surface area (Å²) >= 11 is 0. The predicted molar refractivity (Wildman–Crippen MR) is 353 cm³/mol. The Balaban J connectivity index is 0.000000127. The van der Waals surface area contributed by atoms with Gasteiger partial charge in [-0.2, -0.15) is 25.3 Å². The molecule has 19 unspecified atom stereocenters. The summed E-state index contributed by atoms with van der Waals surface area (Å²) in [4.78, 5) is 93.5. The van der Waals surface area contributed by atoms with Gasteiger partial charge in [0.1, 0.15) is 53.1 Å². The van der Waals surface area contributed by atoms with Crippen LogP contribution in [-0.4, -0.2) is 178 Å². The van der Waals surface area contributed by atoms with Crippen molar-refractivity contribution in [2.24, 2.45) is 65.1 Å². The van der Waals surface area contributed by atoms with E-state index < -0.39 is 161 Å². The molecule has 101 heavy (non-hydrogen) atoms. The van der Waals surface area contributed by atoms with Crippen molar-refractivity contribution in [2.45, 2.75) is 259 Å². The van der Waals surface area contributed by atoms with Crippen molar-refractivity contribution < 1.29 is 124 Å². The molecule has 0 aromatic heterocycles. The summed E-state index contributed by atoms with van der Waals surface area (Å²) in [6.45, 7) is 32.2. The Hall–Kier alpha value is -5.89. The first-order valence-corrected chi connectivity index (χ1v) is 39.5. The van der Waals surface area contributed by atoms with Crippen molar-refractivity contribution in [3.05, 3.63) is 60.8 Å². The van der Waals surface area contributed by atoms with Gasteiger partial charge in [-0.05, 0) is 186 Å². The number of ether oxygens (including phenoxy) is 9. The molecule has 27 nitrogen and oxygen atoms in total. The molecule has 0 aromatic rings. The van der Waals surface area contributed by atoms with Crippen LogP contribution in [0.2, 0.25) is 0 Å². The van der Waals surface area contributed by atoms with E-state index in [9.17, 15) is 68.7 Å². The lowest BCUT2D eigenvalue weighted by Crippen LogP contribution is -2.62. The van der Waals surface area contributed by atoms with Crippen molar-refractivity contribution in [1.82, 2.24) is 0 Å². The van der Waals surface area contributed by atoms with Gasteiger partial charge in [-0.1, -0.05) is 46.7 Å². The van der Waals surface area contributed by atoms with Crippen molar-refractivity contribution in [3.63, 3.8) is 0 Å². The molecule has 19 atom stereocenters. The van der Waals surface area contributed by atoms with Crippen LogP contribution in [0.4, 0.5) is 0 Å². The average Bonchev–Trinajstić information content (AvgIpc) is 1.72. The number of carbonyl (C=O) groups is 8. The largest absolute Gasteiger partial charge is 0.457 e. The molecule has 17 fully saturated rings. The smallest absolute Gasteiger partial charge is 0.347 e. The number of rotatable bonds is 17. The minimum atomic E-state index is -3.66. The number of hydrogen-bond acceptors (Lipinski definition) is 27. The molecular formula is C71H96O27S3. The molecule has 30 heteroatoms. The summed E-state index contributed by atoms with van der Waals surface area (Å²) in [5, 5.41) is 8.90. The molecule has 1 N–H and O–H groups in total. The quantitative estimate of drug-likeness (QED) is 0.0701. The summed E-state index contributed by atoms with van der Waals surface area (Å²) in [7, 11) is -10.7. The van der Waals surface area contributed by atoms with Gasteiger partial charge in [-0.15, -0.1) is 0 Å². The van der Waals surface area contributed by atoms with Gasteiger partial charge >= 0.3 is 47.8 Å². The molecular weight excluding hydrogens is 1380 g/mol. The van der Waals surface area contributed by atoms with Gasteiger partial charge in [0.05, 0.1) is 22.2 Å². The van der Waals surface area contributed by atoms with E-state index in [2.05, 4.69) is 46.7 Å². The Bertz CT molecular complexity index is 3640. The monoisotopic (exact) mass is 1480 g/mol. The highest BCUT2D eigenvalue weighted by molar-refractivity contribution is 7.88. The second-order valence-corrected chi connectivity index (χ2v) is 37.1. The maximum absolute atomic E-state index is 12.1. The van der Waals surface area contributed by atoms with Crippen molar-refractivity contribution in [2.75, 3.05) is 6.61 Å². The molecule has 0 spiro atoms. The van der Waals surface area contributed by atoms with Crippen LogP contribution in [0.3, 0.4) is 0 Å². The first kappa shape index (κ1) is 76.2. The van der Waals surface area contributed by atoms with Gasteiger partial charge in [0.15, 0.2) is 24.9 Å². The Morgan fingerprint density at radius 2 is 0.881 bits per heavy atom. The van der Waals surface area contributed by atoms with Crippen LogP contribution >= 0.6 is 0 Å². The van der Waals surface area contributed by atoms with Crippen LogP contribution < -0.4 is 0 Å². The lowest BCUT2D eigenvalue weighted by atomic mass is 9.47. The molecule has 12 aliphatic carbocycles. The third-order valence-electron chi connectivity index (χ3n) is 23.6. The van der Waals surface area contributed by atoms with Gasteiger partial charge in [-0.25, -0.2) is 38.4 Å². The topological polar surface area (TPSA) is 370 Å². The summed E-state index contributed by atoms with van der Waals surface area (Å²) in [6.07, 6.45) is 7.29. The second kappa shape index (κ2) is 28.2. The van der Waals surface area contributed by atoms with Crippen LogP contribution in [-0.2, 0) is 124 Å². The van der Waals surface area contributed by atoms with E-state index in [0.29, 0.717) is 72.8 Å². The maximum atomic E-state index is 12.1. The summed E-state index contributed by atoms with van der Waals surface area (Å²) in [5.41, 5.74) is 0.360.